The summed E-state index contributed by atoms with van der Waals surface area (Å²) in [6.07, 6.45) is 0. The number of aromatic nitrogens is 2. The molecule has 0 saturated heterocycles. The fourth-order valence-corrected chi connectivity index (χ4v) is 2.58. The van der Waals surface area contributed by atoms with Gasteiger partial charge in [0.15, 0.2) is 5.82 Å². The van der Waals surface area contributed by atoms with Crippen LogP contribution >= 0.6 is 11.8 Å². The van der Waals surface area contributed by atoms with E-state index in [1.807, 2.05) is 6.07 Å². The molecule has 0 fully saturated rings. The van der Waals surface area contributed by atoms with Crippen molar-refractivity contribution in [2.75, 3.05) is 18.6 Å². The number of nitrogens with two attached hydrogens (primary N) is 1. The average molecular weight is 293 g/mol. The van der Waals surface area contributed by atoms with Gasteiger partial charge < -0.3 is 15.0 Å². The van der Waals surface area contributed by atoms with Gasteiger partial charge in [-0.1, -0.05) is 19.0 Å². The van der Waals surface area contributed by atoms with E-state index in [1.165, 1.54) is 0 Å². The molecule has 1 heterocycles. The van der Waals surface area contributed by atoms with Crippen LogP contribution in [0.1, 0.15) is 19.7 Å². The monoisotopic (exact) mass is 293 g/mol. The molecule has 2 N–H and O–H groups in total. The Hall–Kier alpha value is -1.69. The van der Waals surface area contributed by atoms with Crippen LogP contribution in [-0.2, 0) is 5.75 Å². The van der Waals surface area contributed by atoms with Gasteiger partial charge in [0, 0.05) is 11.8 Å². The Morgan fingerprint density at radius 3 is 2.90 bits per heavy atom. The normalized spacial score (nSPS) is 11.0. The first kappa shape index (κ1) is 14.7. The number of thioether (sulfide) groups is 1. The number of methoxy groups -OCH3 is 1. The number of hydrogen-bond acceptors (Lipinski definition) is 6. The largest absolute Gasteiger partial charge is 0.496 e. The maximum Gasteiger partial charge on any atom is 0.261 e. The number of ether oxygens (including phenoxy) is 1. The van der Waals surface area contributed by atoms with Crippen LogP contribution in [0, 0.1) is 5.92 Å². The third kappa shape index (κ3) is 3.66. The molecule has 0 amide bonds. The van der Waals surface area contributed by atoms with Crippen molar-refractivity contribution in [1.29, 1.82) is 0 Å². The predicted octanol–water partition coefficient (Wildman–Crippen LogP) is 3.22. The highest BCUT2D eigenvalue weighted by molar-refractivity contribution is 7.98. The second-order valence-electron chi connectivity index (χ2n) is 4.88. The van der Waals surface area contributed by atoms with Crippen molar-refractivity contribution in [3.63, 3.8) is 0 Å². The third-order valence-electron chi connectivity index (χ3n) is 2.61. The highest BCUT2D eigenvalue weighted by Crippen LogP contribution is 2.30. The van der Waals surface area contributed by atoms with E-state index in [2.05, 4.69) is 24.0 Å². The van der Waals surface area contributed by atoms with E-state index in [4.69, 9.17) is 15.0 Å². The number of hydrogen-bond donors (Lipinski definition) is 1. The number of anilines is 1. The lowest BCUT2D eigenvalue weighted by molar-refractivity contribution is 0.403. The van der Waals surface area contributed by atoms with Crippen LogP contribution in [0.5, 0.6) is 5.75 Å². The molecule has 5 nitrogen and oxygen atoms in total. The fourth-order valence-electron chi connectivity index (χ4n) is 1.69. The average Bonchev–Trinajstić information content (AvgIpc) is 2.86. The molecule has 1 aromatic carbocycles. The Morgan fingerprint density at radius 2 is 2.20 bits per heavy atom. The molecule has 0 unspecified atom stereocenters. The minimum Gasteiger partial charge on any atom is -0.496 e. The number of benzene rings is 1. The maximum absolute atomic E-state index is 5.73. The number of rotatable bonds is 6. The van der Waals surface area contributed by atoms with Gasteiger partial charge >= 0.3 is 0 Å². The van der Waals surface area contributed by atoms with Crippen molar-refractivity contribution in [1.82, 2.24) is 10.1 Å². The minimum atomic E-state index is 0.460. The van der Waals surface area contributed by atoms with E-state index >= 15 is 0 Å². The van der Waals surface area contributed by atoms with Crippen LogP contribution in [0.25, 0.3) is 11.5 Å². The Bertz CT molecular complexity index is 569. The fraction of sp³-hybridized carbons (Fsp3) is 0.429. The summed E-state index contributed by atoms with van der Waals surface area (Å²) >= 11 is 1.80. The lowest BCUT2D eigenvalue weighted by Gasteiger charge is -2.05. The van der Waals surface area contributed by atoms with E-state index in [0.29, 0.717) is 29.1 Å². The molecule has 0 aliphatic carbocycles. The van der Waals surface area contributed by atoms with Gasteiger partial charge in [-0.05, 0) is 23.8 Å². The highest BCUT2D eigenvalue weighted by atomic mass is 32.2. The van der Waals surface area contributed by atoms with Crippen LogP contribution in [0.4, 0.5) is 5.69 Å². The van der Waals surface area contributed by atoms with Gasteiger partial charge in [0.05, 0.1) is 18.4 Å². The molecular weight excluding hydrogens is 274 g/mol. The molecule has 108 valence electrons. The molecule has 0 radical (unpaired) electrons. The quantitative estimate of drug-likeness (QED) is 0.824. The predicted molar refractivity (Wildman–Crippen MR) is 81.7 cm³/mol. The van der Waals surface area contributed by atoms with Crippen molar-refractivity contribution >= 4 is 17.4 Å². The van der Waals surface area contributed by atoms with Crippen molar-refractivity contribution in [3.05, 3.63) is 24.0 Å². The van der Waals surface area contributed by atoms with E-state index in [-0.39, 0.29) is 0 Å². The van der Waals surface area contributed by atoms with Crippen LogP contribution in [-0.4, -0.2) is 23.0 Å². The minimum absolute atomic E-state index is 0.460. The maximum atomic E-state index is 5.73. The summed E-state index contributed by atoms with van der Waals surface area (Å²) in [7, 11) is 1.59. The lowest BCUT2D eigenvalue weighted by atomic mass is 10.2. The van der Waals surface area contributed by atoms with Crippen molar-refractivity contribution < 1.29 is 9.26 Å². The summed E-state index contributed by atoms with van der Waals surface area (Å²) in [5, 5.41) is 3.99. The molecule has 2 aromatic rings. The zero-order chi connectivity index (χ0) is 14.5. The number of nitrogen functional groups attached to an aromatic ring is 1. The highest BCUT2D eigenvalue weighted by Gasteiger charge is 2.14. The van der Waals surface area contributed by atoms with Crippen molar-refractivity contribution in [3.8, 4) is 17.2 Å². The van der Waals surface area contributed by atoms with Gasteiger partial charge in [-0.3, -0.25) is 0 Å². The Balaban J connectivity index is 2.12. The first-order valence-corrected chi connectivity index (χ1v) is 7.60. The Morgan fingerprint density at radius 1 is 1.40 bits per heavy atom. The second kappa shape index (κ2) is 6.65. The summed E-state index contributed by atoms with van der Waals surface area (Å²) in [6.45, 7) is 4.38. The Kier molecular flexibility index (Phi) is 4.89. The van der Waals surface area contributed by atoms with Gasteiger partial charge in [-0.15, -0.1) is 0 Å². The molecular formula is C14H19N3O2S. The zero-order valence-electron chi connectivity index (χ0n) is 11.9. The summed E-state index contributed by atoms with van der Waals surface area (Å²) in [4.78, 5) is 4.40. The lowest BCUT2D eigenvalue weighted by Crippen LogP contribution is -1.93. The molecule has 2 rings (SSSR count). The van der Waals surface area contributed by atoms with Gasteiger partial charge in [0.1, 0.15) is 5.75 Å². The summed E-state index contributed by atoms with van der Waals surface area (Å²) < 4.78 is 10.6. The van der Waals surface area contributed by atoms with Crippen LogP contribution in [0.2, 0.25) is 0 Å². The Labute approximate surface area is 122 Å². The second-order valence-corrected chi connectivity index (χ2v) is 5.91. The van der Waals surface area contributed by atoms with E-state index in [1.54, 1.807) is 31.0 Å². The van der Waals surface area contributed by atoms with E-state index in [9.17, 15) is 0 Å². The van der Waals surface area contributed by atoms with Crippen molar-refractivity contribution in [2.45, 2.75) is 19.6 Å². The van der Waals surface area contributed by atoms with Gasteiger partial charge in [0.25, 0.3) is 5.89 Å². The van der Waals surface area contributed by atoms with Crippen molar-refractivity contribution in [2.24, 2.45) is 5.92 Å². The van der Waals surface area contributed by atoms with Crippen LogP contribution in [0.15, 0.2) is 22.7 Å². The molecule has 6 heteroatoms. The summed E-state index contributed by atoms with van der Waals surface area (Å²) in [5.41, 5.74) is 7.13. The van der Waals surface area contributed by atoms with Crippen LogP contribution < -0.4 is 10.5 Å². The first-order chi connectivity index (χ1) is 9.60. The molecule has 0 saturated carbocycles. The first-order valence-electron chi connectivity index (χ1n) is 6.44. The molecule has 20 heavy (non-hydrogen) atoms. The third-order valence-corrected chi connectivity index (χ3v) is 3.97. The number of nitrogens with zero attached hydrogens (tertiary/aromatic N) is 2. The summed E-state index contributed by atoms with van der Waals surface area (Å²) in [6, 6.07) is 5.36. The molecule has 0 bridgehead atoms. The topological polar surface area (TPSA) is 74.2 Å². The van der Waals surface area contributed by atoms with E-state index in [0.717, 1.165) is 17.1 Å². The van der Waals surface area contributed by atoms with E-state index < -0.39 is 0 Å². The molecule has 1 aromatic heterocycles. The SMILES string of the molecule is COc1cc(N)ccc1-c1nc(CSCC(C)C)no1. The molecule has 0 spiro atoms. The van der Waals surface area contributed by atoms with Gasteiger partial charge in [0.2, 0.25) is 0 Å². The molecule has 0 aliphatic rings. The molecule has 0 aliphatic heterocycles. The molecule has 0 atom stereocenters. The van der Waals surface area contributed by atoms with Crippen LogP contribution in [0.3, 0.4) is 0 Å². The summed E-state index contributed by atoms with van der Waals surface area (Å²) in [5.74, 6) is 4.28. The van der Waals surface area contributed by atoms with Gasteiger partial charge in [-0.25, -0.2) is 0 Å². The van der Waals surface area contributed by atoms with Gasteiger partial charge in [-0.2, -0.15) is 16.7 Å². The standard InChI is InChI=1S/C14H19N3O2S/c1-9(2)7-20-8-13-16-14(19-17-13)11-5-4-10(15)6-12(11)18-3/h4-6,9H,7-8,15H2,1-3H3. The zero-order valence-corrected chi connectivity index (χ0v) is 12.7. The smallest absolute Gasteiger partial charge is 0.261 e.